The summed E-state index contributed by atoms with van der Waals surface area (Å²) in [5.41, 5.74) is 2.03. The molecule has 0 bridgehead atoms. The number of carbonyl (C=O) groups excluding carboxylic acids is 1. The van der Waals surface area contributed by atoms with Gasteiger partial charge in [0.05, 0.1) is 6.10 Å². The molecule has 2 heteroatoms. The Labute approximate surface area is 97.6 Å². The van der Waals surface area contributed by atoms with Crippen LogP contribution in [0.3, 0.4) is 0 Å². The zero-order chi connectivity index (χ0) is 12.1. The second-order valence-corrected chi connectivity index (χ2v) is 4.45. The van der Waals surface area contributed by atoms with E-state index in [2.05, 4.69) is 13.8 Å². The average molecular weight is 220 g/mol. The fourth-order valence-electron chi connectivity index (χ4n) is 1.52. The Morgan fingerprint density at radius 2 is 1.75 bits per heavy atom. The fourth-order valence-corrected chi connectivity index (χ4v) is 1.52. The Morgan fingerprint density at radius 1 is 1.19 bits per heavy atom. The van der Waals surface area contributed by atoms with Crippen molar-refractivity contribution in [1.29, 1.82) is 0 Å². The molecular weight excluding hydrogens is 200 g/mol. The zero-order valence-electron chi connectivity index (χ0n) is 10.5. The van der Waals surface area contributed by atoms with Crippen LogP contribution in [0.25, 0.3) is 0 Å². The standard InChI is InChI=1S/C14H20O2/c1-10(2)12-5-7-13(8-6-12)14(15)9-11(3)16-4/h5-8,10-11H,9H2,1-4H3. The van der Waals surface area contributed by atoms with Crippen LogP contribution in [0.2, 0.25) is 0 Å². The molecule has 0 aliphatic heterocycles. The zero-order valence-corrected chi connectivity index (χ0v) is 10.5. The first kappa shape index (κ1) is 12.9. The van der Waals surface area contributed by atoms with Gasteiger partial charge in [-0.1, -0.05) is 38.1 Å². The fraction of sp³-hybridized carbons (Fsp3) is 0.500. The van der Waals surface area contributed by atoms with Crippen LogP contribution >= 0.6 is 0 Å². The van der Waals surface area contributed by atoms with Gasteiger partial charge in [0, 0.05) is 19.1 Å². The van der Waals surface area contributed by atoms with Gasteiger partial charge in [0.2, 0.25) is 0 Å². The SMILES string of the molecule is COC(C)CC(=O)c1ccc(C(C)C)cc1. The van der Waals surface area contributed by atoms with Gasteiger partial charge in [-0.3, -0.25) is 4.79 Å². The van der Waals surface area contributed by atoms with Crippen molar-refractivity contribution in [3.05, 3.63) is 35.4 Å². The Morgan fingerprint density at radius 3 is 2.19 bits per heavy atom. The monoisotopic (exact) mass is 220 g/mol. The highest BCUT2D eigenvalue weighted by Gasteiger charge is 2.10. The number of ether oxygens (including phenoxy) is 1. The van der Waals surface area contributed by atoms with Crippen molar-refractivity contribution in [2.24, 2.45) is 0 Å². The van der Waals surface area contributed by atoms with Crippen LogP contribution in [0.5, 0.6) is 0 Å². The van der Waals surface area contributed by atoms with E-state index in [9.17, 15) is 4.79 Å². The van der Waals surface area contributed by atoms with Gasteiger partial charge in [0.25, 0.3) is 0 Å². The summed E-state index contributed by atoms with van der Waals surface area (Å²) in [4.78, 5) is 11.8. The average Bonchev–Trinajstić information content (AvgIpc) is 2.28. The molecule has 0 radical (unpaired) electrons. The third kappa shape index (κ3) is 3.46. The summed E-state index contributed by atoms with van der Waals surface area (Å²) in [6.07, 6.45) is 0.426. The molecule has 0 aliphatic carbocycles. The molecule has 1 aromatic rings. The van der Waals surface area contributed by atoms with Crippen molar-refractivity contribution >= 4 is 5.78 Å². The minimum absolute atomic E-state index is 0.0164. The molecule has 0 N–H and O–H groups in total. The number of hydrogen-bond donors (Lipinski definition) is 0. The maximum absolute atomic E-state index is 11.8. The number of Topliss-reactive ketones (excluding diaryl/α,β-unsaturated/α-hetero) is 1. The number of ketones is 1. The summed E-state index contributed by atoms with van der Waals surface area (Å²) in [6, 6.07) is 7.85. The lowest BCUT2D eigenvalue weighted by atomic mass is 9.99. The molecule has 1 rings (SSSR count). The van der Waals surface area contributed by atoms with E-state index in [0.29, 0.717) is 12.3 Å². The predicted molar refractivity (Wildman–Crippen MR) is 65.9 cm³/mol. The highest BCUT2D eigenvalue weighted by molar-refractivity contribution is 5.96. The van der Waals surface area contributed by atoms with Crippen LogP contribution in [-0.4, -0.2) is 19.0 Å². The van der Waals surface area contributed by atoms with Crippen molar-refractivity contribution in [3.63, 3.8) is 0 Å². The van der Waals surface area contributed by atoms with Crippen molar-refractivity contribution < 1.29 is 9.53 Å². The molecule has 1 aromatic carbocycles. The van der Waals surface area contributed by atoms with Crippen LogP contribution in [0.4, 0.5) is 0 Å². The maximum Gasteiger partial charge on any atom is 0.165 e. The predicted octanol–water partition coefficient (Wildman–Crippen LogP) is 3.42. The second kappa shape index (κ2) is 5.80. The lowest BCUT2D eigenvalue weighted by Gasteiger charge is -2.09. The third-order valence-corrected chi connectivity index (χ3v) is 2.77. The summed E-state index contributed by atoms with van der Waals surface area (Å²) in [5.74, 6) is 0.645. The molecule has 1 unspecified atom stereocenters. The van der Waals surface area contributed by atoms with Crippen LogP contribution in [-0.2, 0) is 4.74 Å². The van der Waals surface area contributed by atoms with Gasteiger partial charge in [-0.15, -0.1) is 0 Å². The number of rotatable bonds is 5. The molecule has 0 spiro atoms. The molecule has 16 heavy (non-hydrogen) atoms. The minimum Gasteiger partial charge on any atom is -0.381 e. The maximum atomic E-state index is 11.8. The number of carbonyl (C=O) groups is 1. The molecule has 0 amide bonds. The van der Waals surface area contributed by atoms with Crippen LogP contribution in [0.1, 0.15) is 49.0 Å². The molecule has 0 saturated carbocycles. The first-order chi connectivity index (χ1) is 7.54. The molecular formula is C14H20O2. The van der Waals surface area contributed by atoms with Crippen LogP contribution in [0, 0.1) is 0 Å². The largest absolute Gasteiger partial charge is 0.381 e. The number of methoxy groups -OCH3 is 1. The summed E-state index contributed by atoms with van der Waals surface area (Å²) >= 11 is 0. The van der Waals surface area contributed by atoms with E-state index in [4.69, 9.17) is 4.74 Å². The number of hydrogen-bond acceptors (Lipinski definition) is 2. The van der Waals surface area contributed by atoms with Crippen molar-refractivity contribution in [1.82, 2.24) is 0 Å². The van der Waals surface area contributed by atoms with Gasteiger partial charge < -0.3 is 4.74 Å². The molecule has 0 saturated heterocycles. The van der Waals surface area contributed by atoms with E-state index in [1.54, 1.807) is 7.11 Å². The van der Waals surface area contributed by atoms with Gasteiger partial charge in [-0.2, -0.15) is 0 Å². The lowest BCUT2D eigenvalue weighted by molar-refractivity contribution is 0.0792. The van der Waals surface area contributed by atoms with Crippen LogP contribution < -0.4 is 0 Å². The molecule has 88 valence electrons. The van der Waals surface area contributed by atoms with Gasteiger partial charge in [0.15, 0.2) is 5.78 Å². The van der Waals surface area contributed by atoms with Gasteiger partial charge in [-0.25, -0.2) is 0 Å². The minimum atomic E-state index is -0.0164. The van der Waals surface area contributed by atoms with Gasteiger partial charge in [-0.05, 0) is 18.4 Å². The second-order valence-electron chi connectivity index (χ2n) is 4.45. The van der Waals surface area contributed by atoms with E-state index in [0.717, 1.165) is 5.56 Å². The van der Waals surface area contributed by atoms with E-state index in [1.165, 1.54) is 5.56 Å². The molecule has 0 aliphatic rings. The number of benzene rings is 1. The highest BCUT2D eigenvalue weighted by Crippen LogP contribution is 2.16. The topological polar surface area (TPSA) is 26.3 Å². The molecule has 0 fully saturated rings. The van der Waals surface area contributed by atoms with E-state index < -0.39 is 0 Å². The lowest BCUT2D eigenvalue weighted by Crippen LogP contribution is -2.12. The molecule has 2 nitrogen and oxygen atoms in total. The van der Waals surface area contributed by atoms with Gasteiger partial charge >= 0.3 is 0 Å². The molecule has 1 atom stereocenters. The third-order valence-electron chi connectivity index (χ3n) is 2.77. The Kier molecular flexibility index (Phi) is 4.69. The quantitative estimate of drug-likeness (QED) is 0.711. The molecule has 0 heterocycles. The Bertz CT molecular complexity index is 338. The Hall–Kier alpha value is -1.15. The summed E-state index contributed by atoms with van der Waals surface area (Å²) in [7, 11) is 1.62. The summed E-state index contributed by atoms with van der Waals surface area (Å²) in [6.45, 7) is 6.19. The van der Waals surface area contributed by atoms with E-state index >= 15 is 0 Å². The first-order valence-electron chi connectivity index (χ1n) is 5.70. The Balaban J connectivity index is 2.70. The van der Waals surface area contributed by atoms with E-state index in [1.807, 2.05) is 31.2 Å². The van der Waals surface area contributed by atoms with E-state index in [-0.39, 0.29) is 11.9 Å². The van der Waals surface area contributed by atoms with Crippen LogP contribution in [0.15, 0.2) is 24.3 Å². The van der Waals surface area contributed by atoms with Crippen molar-refractivity contribution in [3.8, 4) is 0 Å². The summed E-state index contributed by atoms with van der Waals surface area (Å²) < 4.78 is 5.08. The summed E-state index contributed by atoms with van der Waals surface area (Å²) in [5, 5.41) is 0. The first-order valence-corrected chi connectivity index (χ1v) is 5.70. The smallest absolute Gasteiger partial charge is 0.165 e. The highest BCUT2D eigenvalue weighted by atomic mass is 16.5. The van der Waals surface area contributed by atoms with Crippen molar-refractivity contribution in [2.75, 3.05) is 7.11 Å². The molecule has 0 aromatic heterocycles. The van der Waals surface area contributed by atoms with Crippen molar-refractivity contribution in [2.45, 2.75) is 39.2 Å². The normalized spacial score (nSPS) is 12.8. The van der Waals surface area contributed by atoms with Gasteiger partial charge in [0.1, 0.15) is 0 Å².